The topological polar surface area (TPSA) is 57.6 Å². The van der Waals surface area contributed by atoms with Gasteiger partial charge in [0, 0.05) is 6.42 Å². The van der Waals surface area contributed by atoms with Crippen LogP contribution in [0.3, 0.4) is 0 Å². The van der Waals surface area contributed by atoms with Crippen LogP contribution in [0, 0.1) is 5.41 Å². The molecule has 1 heterocycles. The van der Waals surface area contributed by atoms with E-state index in [4.69, 9.17) is 0 Å². The van der Waals surface area contributed by atoms with Crippen molar-refractivity contribution in [2.75, 3.05) is 0 Å². The lowest BCUT2D eigenvalue weighted by Crippen LogP contribution is -2.60. The van der Waals surface area contributed by atoms with Crippen molar-refractivity contribution in [2.24, 2.45) is 5.41 Å². The zero-order valence-corrected chi connectivity index (χ0v) is 12.3. The number of nitrogens with zero attached hydrogens (tertiary/aromatic N) is 1. The van der Waals surface area contributed by atoms with Gasteiger partial charge in [-0.25, -0.2) is 0 Å². The second-order valence-corrected chi connectivity index (χ2v) is 6.32. The summed E-state index contributed by atoms with van der Waals surface area (Å²) in [4.78, 5) is 26.1. The van der Waals surface area contributed by atoms with E-state index in [1.807, 2.05) is 13.8 Å². The number of imide groups is 1. The molecular weight excluding hydrogens is 230 g/mol. The first-order valence-electron chi connectivity index (χ1n) is 6.63. The molecule has 2 amide bonds. The molecule has 0 aromatic heterocycles. The zero-order valence-electron chi connectivity index (χ0n) is 12.3. The summed E-state index contributed by atoms with van der Waals surface area (Å²) < 4.78 is 0. The molecule has 1 saturated heterocycles. The van der Waals surface area contributed by atoms with Crippen LogP contribution in [-0.2, 0) is 9.59 Å². The van der Waals surface area contributed by atoms with E-state index in [-0.39, 0.29) is 18.2 Å². The van der Waals surface area contributed by atoms with E-state index in [2.05, 4.69) is 0 Å². The summed E-state index contributed by atoms with van der Waals surface area (Å²) in [5.41, 5.74) is -2.59. The smallest absolute Gasteiger partial charge is 0.236 e. The molecule has 0 aromatic carbocycles. The highest BCUT2D eigenvalue weighted by Crippen LogP contribution is 2.44. The minimum Gasteiger partial charge on any atom is -0.388 e. The highest BCUT2D eigenvalue weighted by Gasteiger charge is 2.56. The van der Waals surface area contributed by atoms with Gasteiger partial charge in [0.15, 0.2) is 0 Å². The maximum absolute atomic E-state index is 12.6. The van der Waals surface area contributed by atoms with Crippen molar-refractivity contribution < 1.29 is 14.7 Å². The van der Waals surface area contributed by atoms with Gasteiger partial charge in [-0.3, -0.25) is 14.5 Å². The molecule has 0 spiro atoms. The molecule has 1 rings (SSSR count). The molecule has 4 nitrogen and oxygen atoms in total. The average Bonchev–Trinajstić information content (AvgIpc) is 2.49. The predicted molar refractivity (Wildman–Crippen MR) is 69.9 cm³/mol. The molecule has 1 aliphatic rings. The van der Waals surface area contributed by atoms with Gasteiger partial charge in [-0.1, -0.05) is 13.8 Å². The SMILES string of the molecule is CCC1(CC)CC(=O)N(C(C)(C)C(C)(C)O)C1=O. The lowest BCUT2D eigenvalue weighted by molar-refractivity contribution is -0.158. The summed E-state index contributed by atoms with van der Waals surface area (Å²) in [5, 5.41) is 10.2. The largest absolute Gasteiger partial charge is 0.388 e. The fourth-order valence-corrected chi connectivity index (χ4v) is 2.44. The fourth-order valence-electron chi connectivity index (χ4n) is 2.44. The number of amides is 2. The Morgan fingerprint density at radius 2 is 1.61 bits per heavy atom. The van der Waals surface area contributed by atoms with Crippen molar-refractivity contribution in [1.82, 2.24) is 4.90 Å². The number of hydrogen-bond donors (Lipinski definition) is 1. The van der Waals surface area contributed by atoms with E-state index in [0.717, 1.165) is 0 Å². The maximum atomic E-state index is 12.6. The molecule has 0 aromatic rings. The third kappa shape index (κ3) is 1.96. The van der Waals surface area contributed by atoms with Crippen LogP contribution in [0.25, 0.3) is 0 Å². The summed E-state index contributed by atoms with van der Waals surface area (Å²) >= 11 is 0. The number of hydrogen-bond acceptors (Lipinski definition) is 3. The molecule has 1 N–H and O–H groups in total. The quantitative estimate of drug-likeness (QED) is 0.783. The molecule has 0 unspecified atom stereocenters. The highest BCUT2D eigenvalue weighted by molar-refractivity contribution is 6.06. The van der Waals surface area contributed by atoms with Crippen LogP contribution in [0.5, 0.6) is 0 Å². The summed E-state index contributed by atoms with van der Waals surface area (Å²) in [6.07, 6.45) is 1.58. The average molecular weight is 255 g/mol. The summed E-state index contributed by atoms with van der Waals surface area (Å²) in [7, 11) is 0. The maximum Gasteiger partial charge on any atom is 0.236 e. The highest BCUT2D eigenvalue weighted by atomic mass is 16.3. The third-order valence-electron chi connectivity index (χ3n) is 4.81. The second kappa shape index (κ2) is 4.34. The van der Waals surface area contributed by atoms with Gasteiger partial charge in [0.05, 0.1) is 16.6 Å². The second-order valence-electron chi connectivity index (χ2n) is 6.32. The van der Waals surface area contributed by atoms with Crippen molar-refractivity contribution in [3.05, 3.63) is 0 Å². The van der Waals surface area contributed by atoms with E-state index in [1.165, 1.54) is 4.90 Å². The Bertz CT molecular complexity index is 362. The number of carbonyl (C=O) groups excluding carboxylic acids is 2. The van der Waals surface area contributed by atoms with Crippen molar-refractivity contribution in [2.45, 2.75) is 71.9 Å². The van der Waals surface area contributed by atoms with Crippen LogP contribution in [0.15, 0.2) is 0 Å². The van der Waals surface area contributed by atoms with Gasteiger partial charge in [-0.2, -0.15) is 0 Å². The van der Waals surface area contributed by atoms with E-state index in [0.29, 0.717) is 12.8 Å². The van der Waals surface area contributed by atoms with Gasteiger partial charge < -0.3 is 5.11 Å². The molecule has 18 heavy (non-hydrogen) atoms. The molecule has 4 heteroatoms. The van der Waals surface area contributed by atoms with E-state index in [9.17, 15) is 14.7 Å². The Morgan fingerprint density at radius 1 is 1.17 bits per heavy atom. The number of aliphatic hydroxyl groups is 1. The molecule has 0 saturated carbocycles. The van der Waals surface area contributed by atoms with Crippen LogP contribution in [-0.4, -0.2) is 33.0 Å². The molecule has 0 atom stereocenters. The van der Waals surface area contributed by atoms with Crippen LogP contribution in [0.1, 0.15) is 60.8 Å². The Labute approximate surface area is 109 Å². The number of carbonyl (C=O) groups is 2. The monoisotopic (exact) mass is 255 g/mol. The summed E-state index contributed by atoms with van der Waals surface area (Å²) in [6.45, 7) is 10.6. The molecule has 0 bridgehead atoms. The normalized spacial score (nSPS) is 20.7. The minimum absolute atomic E-state index is 0.135. The van der Waals surface area contributed by atoms with Crippen LogP contribution < -0.4 is 0 Å². The van der Waals surface area contributed by atoms with Crippen LogP contribution in [0.4, 0.5) is 0 Å². The first-order chi connectivity index (χ1) is 8.03. The number of rotatable bonds is 4. The van der Waals surface area contributed by atoms with Gasteiger partial charge in [-0.05, 0) is 40.5 Å². The van der Waals surface area contributed by atoms with Gasteiger partial charge in [0.1, 0.15) is 0 Å². The van der Waals surface area contributed by atoms with Gasteiger partial charge in [-0.15, -0.1) is 0 Å². The molecule has 1 fully saturated rings. The van der Waals surface area contributed by atoms with E-state index >= 15 is 0 Å². The molecular formula is C14H25NO3. The summed E-state index contributed by atoms with van der Waals surface area (Å²) in [5.74, 6) is -0.305. The molecule has 1 aliphatic heterocycles. The zero-order chi connectivity index (χ0) is 14.4. The van der Waals surface area contributed by atoms with Gasteiger partial charge in [0.25, 0.3) is 0 Å². The van der Waals surface area contributed by atoms with Crippen LogP contribution >= 0.6 is 0 Å². The van der Waals surface area contributed by atoms with Crippen LogP contribution in [0.2, 0.25) is 0 Å². The molecule has 104 valence electrons. The Morgan fingerprint density at radius 3 is 1.89 bits per heavy atom. The van der Waals surface area contributed by atoms with Crippen molar-refractivity contribution in [3.63, 3.8) is 0 Å². The van der Waals surface area contributed by atoms with Gasteiger partial charge in [0.2, 0.25) is 11.8 Å². The fraction of sp³-hybridized carbons (Fsp3) is 0.857. The van der Waals surface area contributed by atoms with E-state index < -0.39 is 16.6 Å². The minimum atomic E-state index is -1.13. The molecule has 0 aliphatic carbocycles. The lowest BCUT2D eigenvalue weighted by atomic mass is 9.80. The van der Waals surface area contributed by atoms with Crippen molar-refractivity contribution in [3.8, 4) is 0 Å². The van der Waals surface area contributed by atoms with Crippen molar-refractivity contribution >= 4 is 11.8 Å². The lowest BCUT2D eigenvalue weighted by Gasteiger charge is -2.44. The Hall–Kier alpha value is -0.900. The Balaban J connectivity index is 3.21. The van der Waals surface area contributed by atoms with Crippen molar-refractivity contribution in [1.29, 1.82) is 0 Å². The first kappa shape index (κ1) is 15.2. The third-order valence-corrected chi connectivity index (χ3v) is 4.81. The predicted octanol–water partition coefficient (Wildman–Crippen LogP) is 2.10. The first-order valence-corrected chi connectivity index (χ1v) is 6.63. The summed E-state index contributed by atoms with van der Waals surface area (Å²) in [6, 6.07) is 0. The Kier molecular flexibility index (Phi) is 3.65. The van der Waals surface area contributed by atoms with E-state index in [1.54, 1.807) is 27.7 Å². The standard InChI is InChI=1S/C14H25NO3/c1-7-14(8-2)9-10(16)15(11(14)17)12(3,4)13(5,6)18/h18H,7-9H2,1-6H3. The number of likely N-dealkylation sites (tertiary alicyclic amines) is 1. The van der Waals surface area contributed by atoms with Gasteiger partial charge >= 0.3 is 0 Å². The molecule has 0 radical (unpaired) electrons.